The molecule has 2 aromatic rings. The first-order chi connectivity index (χ1) is 9.56. The lowest BCUT2D eigenvalue weighted by Gasteiger charge is -1.99. The molecule has 0 fully saturated rings. The van der Waals surface area contributed by atoms with Crippen LogP contribution in [0.5, 0.6) is 0 Å². The number of rotatable bonds is 2. The quantitative estimate of drug-likeness (QED) is 0.508. The van der Waals surface area contributed by atoms with E-state index in [4.69, 9.17) is 17.4 Å². The maximum absolute atomic E-state index is 9.02. The zero-order valence-corrected chi connectivity index (χ0v) is 12.0. The molecular weight excluding hydrogens is 268 g/mol. The zero-order chi connectivity index (χ0) is 14.7. The third kappa shape index (κ3) is 2.54. The Bertz CT molecular complexity index is 772. The summed E-state index contributed by atoms with van der Waals surface area (Å²) in [5.41, 5.74) is 9.45. The molecule has 0 amide bonds. The maximum atomic E-state index is 9.02. The number of azo groups is 1. The number of hydrogen-bond acceptors (Lipinski definition) is 5. The molecule has 2 rings (SSSR count). The van der Waals surface area contributed by atoms with E-state index < -0.39 is 0 Å². The number of terminal acetylenes is 1. The van der Waals surface area contributed by atoms with Crippen LogP contribution in [0.25, 0.3) is 0 Å². The second-order valence-electron chi connectivity index (χ2n) is 4.24. The summed E-state index contributed by atoms with van der Waals surface area (Å²) in [6.45, 7) is 3.73. The van der Waals surface area contributed by atoms with Crippen molar-refractivity contribution >= 4 is 27.7 Å². The van der Waals surface area contributed by atoms with E-state index in [2.05, 4.69) is 22.2 Å². The molecule has 0 saturated carbocycles. The van der Waals surface area contributed by atoms with Crippen molar-refractivity contribution in [1.29, 1.82) is 5.26 Å². The lowest BCUT2D eigenvalue weighted by Crippen LogP contribution is -1.84. The second kappa shape index (κ2) is 5.56. The van der Waals surface area contributed by atoms with Crippen molar-refractivity contribution in [2.75, 3.05) is 5.73 Å². The normalized spacial score (nSPS) is 10.4. The van der Waals surface area contributed by atoms with Gasteiger partial charge < -0.3 is 5.73 Å². The summed E-state index contributed by atoms with van der Waals surface area (Å²) in [4.78, 5) is 0.570. The van der Waals surface area contributed by atoms with Gasteiger partial charge in [0.15, 0.2) is 5.00 Å². The second-order valence-corrected chi connectivity index (χ2v) is 5.24. The van der Waals surface area contributed by atoms with Crippen molar-refractivity contribution in [2.45, 2.75) is 13.8 Å². The Morgan fingerprint density at radius 2 is 2.05 bits per heavy atom. The van der Waals surface area contributed by atoms with Crippen LogP contribution in [0.3, 0.4) is 0 Å². The Balaban J connectivity index is 2.42. The molecule has 1 aromatic carbocycles. The first kappa shape index (κ1) is 13.8. The monoisotopic (exact) mass is 280 g/mol. The van der Waals surface area contributed by atoms with E-state index in [-0.39, 0.29) is 0 Å². The molecule has 0 spiro atoms. The fourth-order valence-corrected chi connectivity index (χ4v) is 2.63. The first-order valence-electron chi connectivity index (χ1n) is 5.84. The molecule has 1 heterocycles. The highest BCUT2D eigenvalue weighted by Crippen LogP contribution is 2.35. The molecule has 98 valence electrons. The molecule has 0 aliphatic heterocycles. The third-order valence-electron chi connectivity index (χ3n) is 2.84. The van der Waals surface area contributed by atoms with Crippen LogP contribution >= 0.6 is 11.3 Å². The van der Waals surface area contributed by atoms with Crippen molar-refractivity contribution in [3.8, 4) is 18.4 Å². The first-order valence-corrected chi connectivity index (χ1v) is 6.66. The minimum absolute atomic E-state index is 0.570. The van der Waals surface area contributed by atoms with E-state index >= 15 is 0 Å². The predicted molar refractivity (Wildman–Crippen MR) is 81.5 cm³/mol. The molecule has 0 aliphatic carbocycles. The minimum Gasteiger partial charge on any atom is -0.399 e. The van der Waals surface area contributed by atoms with Crippen LogP contribution in [-0.2, 0) is 0 Å². The van der Waals surface area contributed by atoms with E-state index in [1.807, 2.05) is 19.9 Å². The zero-order valence-electron chi connectivity index (χ0n) is 11.1. The topological polar surface area (TPSA) is 74.5 Å². The number of nitrogens with two attached hydrogens (primary N) is 1. The van der Waals surface area contributed by atoms with E-state index in [1.165, 1.54) is 11.3 Å². The standard InChI is InChI=1S/C15H12N4S/c1-4-12-10(3)14(8-16)20-15(12)19-18-13-6-5-11(17)7-9(13)2/h1,5-7H,17H2,2-3H3. The van der Waals surface area contributed by atoms with Crippen LogP contribution < -0.4 is 5.73 Å². The van der Waals surface area contributed by atoms with Crippen molar-refractivity contribution in [3.05, 3.63) is 39.8 Å². The van der Waals surface area contributed by atoms with Gasteiger partial charge in [-0.2, -0.15) is 5.26 Å². The van der Waals surface area contributed by atoms with Gasteiger partial charge in [0.2, 0.25) is 0 Å². The molecule has 0 aliphatic rings. The Morgan fingerprint density at radius 1 is 1.30 bits per heavy atom. The molecule has 0 unspecified atom stereocenters. The predicted octanol–water partition coefficient (Wildman–Crippen LogP) is 4.22. The average Bonchev–Trinajstić information content (AvgIpc) is 2.73. The lowest BCUT2D eigenvalue weighted by atomic mass is 10.2. The number of aryl methyl sites for hydroxylation is 1. The Morgan fingerprint density at radius 3 is 2.65 bits per heavy atom. The van der Waals surface area contributed by atoms with E-state index in [1.54, 1.807) is 12.1 Å². The minimum atomic E-state index is 0.570. The van der Waals surface area contributed by atoms with Crippen molar-refractivity contribution in [1.82, 2.24) is 0 Å². The molecule has 1 aromatic heterocycles. The Kier molecular flexibility index (Phi) is 3.84. The van der Waals surface area contributed by atoms with Gasteiger partial charge in [-0.3, -0.25) is 0 Å². The van der Waals surface area contributed by atoms with Crippen LogP contribution in [0.4, 0.5) is 16.4 Å². The van der Waals surface area contributed by atoms with E-state index in [9.17, 15) is 0 Å². The fraction of sp³-hybridized carbons (Fsp3) is 0.133. The van der Waals surface area contributed by atoms with E-state index in [0.29, 0.717) is 21.1 Å². The number of anilines is 1. The smallest absolute Gasteiger partial charge is 0.156 e. The van der Waals surface area contributed by atoms with Gasteiger partial charge in [0.05, 0.1) is 11.3 Å². The van der Waals surface area contributed by atoms with Gasteiger partial charge in [-0.25, -0.2) is 0 Å². The number of thiophene rings is 1. The SMILES string of the molecule is C#Cc1c(N=Nc2ccc(N)cc2C)sc(C#N)c1C. The van der Waals surface area contributed by atoms with Crippen molar-refractivity contribution < 1.29 is 0 Å². The van der Waals surface area contributed by atoms with Crippen LogP contribution in [0.1, 0.15) is 21.6 Å². The summed E-state index contributed by atoms with van der Waals surface area (Å²) in [6, 6.07) is 7.51. The molecule has 2 N–H and O–H groups in total. The molecule has 0 radical (unpaired) electrons. The summed E-state index contributed by atoms with van der Waals surface area (Å²) in [5.74, 6) is 2.56. The van der Waals surface area contributed by atoms with Crippen LogP contribution in [0.15, 0.2) is 28.4 Å². The van der Waals surface area contributed by atoms with Crippen LogP contribution in [0.2, 0.25) is 0 Å². The maximum Gasteiger partial charge on any atom is 0.156 e. The van der Waals surface area contributed by atoms with Gasteiger partial charge >= 0.3 is 0 Å². The average molecular weight is 280 g/mol. The molecule has 0 bridgehead atoms. The Labute approximate surface area is 121 Å². The summed E-state index contributed by atoms with van der Waals surface area (Å²) >= 11 is 1.25. The molecule has 20 heavy (non-hydrogen) atoms. The molecular formula is C15H12N4S. The largest absolute Gasteiger partial charge is 0.399 e. The summed E-state index contributed by atoms with van der Waals surface area (Å²) in [7, 11) is 0. The number of hydrogen-bond donors (Lipinski definition) is 1. The van der Waals surface area contributed by atoms with Crippen LogP contribution in [0, 0.1) is 37.5 Å². The summed E-state index contributed by atoms with van der Waals surface area (Å²) < 4.78 is 0. The Hall–Kier alpha value is -2.63. The van der Waals surface area contributed by atoms with Crippen LogP contribution in [-0.4, -0.2) is 0 Å². The van der Waals surface area contributed by atoms with Gasteiger partial charge in [0.1, 0.15) is 10.9 Å². The highest BCUT2D eigenvalue weighted by molar-refractivity contribution is 7.16. The van der Waals surface area contributed by atoms with E-state index in [0.717, 1.165) is 16.8 Å². The third-order valence-corrected chi connectivity index (χ3v) is 3.92. The highest BCUT2D eigenvalue weighted by atomic mass is 32.1. The number of nitrogen functional groups attached to an aromatic ring is 1. The molecule has 4 nitrogen and oxygen atoms in total. The van der Waals surface area contributed by atoms with Gasteiger partial charge in [-0.1, -0.05) is 5.92 Å². The fourth-order valence-electron chi connectivity index (χ4n) is 1.74. The number of benzene rings is 1. The van der Waals surface area contributed by atoms with Crippen molar-refractivity contribution in [2.24, 2.45) is 10.2 Å². The number of nitriles is 1. The molecule has 0 saturated heterocycles. The number of nitrogens with zero attached hydrogens (tertiary/aromatic N) is 3. The van der Waals surface area contributed by atoms with Gasteiger partial charge in [-0.05, 0) is 43.2 Å². The van der Waals surface area contributed by atoms with Gasteiger partial charge in [-0.15, -0.1) is 28.0 Å². The van der Waals surface area contributed by atoms with Gasteiger partial charge in [0, 0.05) is 5.69 Å². The summed E-state index contributed by atoms with van der Waals surface area (Å²) in [5, 5.41) is 18.0. The highest BCUT2D eigenvalue weighted by Gasteiger charge is 2.12. The van der Waals surface area contributed by atoms with Gasteiger partial charge in [0.25, 0.3) is 0 Å². The lowest BCUT2D eigenvalue weighted by molar-refractivity contribution is 1.22. The molecule has 5 heteroatoms. The summed E-state index contributed by atoms with van der Waals surface area (Å²) in [6.07, 6.45) is 5.47. The van der Waals surface area contributed by atoms with Crippen molar-refractivity contribution in [3.63, 3.8) is 0 Å². The molecule has 0 atom stereocenters.